The van der Waals surface area contributed by atoms with Crippen molar-refractivity contribution < 1.29 is 9.47 Å². The van der Waals surface area contributed by atoms with E-state index in [1.54, 1.807) is 7.11 Å². The summed E-state index contributed by atoms with van der Waals surface area (Å²) >= 11 is 0. The molecule has 102 valence electrons. The molecule has 1 heterocycles. The van der Waals surface area contributed by atoms with Crippen LogP contribution in [0.25, 0.3) is 0 Å². The van der Waals surface area contributed by atoms with Crippen LogP contribution in [0.15, 0.2) is 0 Å². The molecule has 2 atom stereocenters. The molecule has 2 unspecified atom stereocenters. The fraction of sp³-hybridized carbons (Fsp3) is 1.00. The highest BCUT2D eigenvalue weighted by atomic mass is 16.5. The minimum atomic E-state index is 0.507. The van der Waals surface area contributed by atoms with Crippen molar-refractivity contribution >= 4 is 0 Å². The van der Waals surface area contributed by atoms with E-state index in [2.05, 4.69) is 24.2 Å². The van der Waals surface area contributed by atoms with Crippen molar-refractivity contribution in [2.75, 3.05) is 47.1 Å². The molecule has 0 radical (unpaired) electrons. The van der Waals surface area contributed by atoms with Crippen LogP contribution in [0.2, 0.25) is 0 Å². The number of nitrogens with zero attached hydrogens (tertiary/aromatic N) is 1. The lowest BCUT2D eigenvalue weighted by atomic mass is 10.0. The van der Waals surface area contributed by atoms with Gasteiger partial charge in [0.15, 0.2) is 0 Å². The Kier molecular flexibility index (Phi) is 7.77. The Morgan fingerprint density at radius 2 is 2.29 bits per heavy atom. The van der Waals surface area contributed by atoms with Crippen molar-refractivity contribution in [1.29, 1.82) is 0 Å². The molecule has 1 aliphatic heterocycles. The van der Waals surface area contributed by atoms with Crippen molar-refractivity contribution in [3.8, 4) is 0 Å². The molecular formula is C13H28N2O2. The number of methoxy groups -OCH3 is 1. The predicted molar refractivity (Wildman–Crippen MR) is 70.4 cm³/mol. The van der Waals surface area contributed by atoms with Crippen molar-refractivity contribution in [2.45, 2.75) is 38.3 Å². The minimum absolute atomic E-state index is 0.507. The minimum Gasteiger partial charge on any atom is -0.385 e. The van der Waals surface area contributed by atoms with E-state index < -0.39 is 0 Å². The number of likely N-dealkylation sites (N-methyl/N-ethyl adjacent to an activating group) is 1. The second kappa shape index (κ2) is 8.86. The van der Waals surface area contributed by atoms with Gasteiger partial charge >= 0.3 is 0 Å². The van der Waals surface area contributed by atoms with Crippen molar-refractivity contribution in [3.05, 3.63) is 0 Å². The molecule has 1 N–H and O–H groups in total. The second-order valence-corrected chi connectivity index (χ2v) is 4.82. The lowest BCUT2D eigenvalue weighted by Crippen LogP contribution is -2.54. The Labute approximate surface area is 106 Å². The van der Waals surface area contributed by atoms with Gasteiger partial charge in [0, 0.05) is 39.0 Å². The third-order valence-electron chi connectivity index (χ3n) is 3.41. The fourth-order valence-corrected chi connectivity index (χ4v) is 2.35. The van der Waals surface area contributed by atoms with Crippen LogP contribution in [0.4, 0.5) is 0 Å². The van der Waals surface area contributed by atoms with Crippen LogP contribution in [0.3, 0.4) is 0 Å². The molecule has 4 heteroatoms. The summed E-state index contributed by atoms with van der Waals surface area (Å²) in [5, 5.41) is 3.64. The molecule has 1 saturated heterocycles. The van der Waals surface area contributed by atoms with Crippen molar-refractivity contribution in [1.82, 2.24) is 10.2 Å². The number of nitrogens with one attached hydrogen (secondary N) is 1. The molecule has 0 bridgehead atoms. The first-order valence-corrected chi connectivity index (χ1v) is 6.80. The normalized spacial score (nSPS) is 25.4. The standard InChI is InChI=1S/C13H28N2O2/c1-4-7-14-12-6-10-17-11-13(12)15(2)8-5-9-16-3/h12-14H,4-11H2,1-3H3. The predicted octanol–water partition coefficient (Wildman–Crippen LogP) is 1.11. The van der Waals surface area contributed by atoms with Crippen molar-refractivity contribution in [3.63, 3.8) is 0 Å². The van der Waals surface area contributed by atoms with E-state index in [0.29, 0.717) is 12.1 Å². The van der Waals surface area contributed by atoms with Gasteiger partial charge in [0.1, 0.15) is 0 Å². The van der Waals surface area contributed by atoms with Gasteiger partial charge in [0.2, 0.25) is 0 Å². The highest BCUT2D eigenvalue weighted by Gasteiger charge is 2.27. The Bertz CT molecular complexity index is 190. The summed E-state index contributed by atoms with van der Waals surface area (Å²) < 4.78 is 10.7. The zero-order valence-electron chi connectivity index (χ0n) is 11.6. The zero-order valence-corrected chi connectivity index (χ0v) is 11.6. The Morgan fingerprint density at radius 1 is 1.47 bits per heavy atom. The first-order chi connectivity index (χ1) is 8.29. The molecule has 4 nitrogen and oxygen atoms in total. The first-order valence-electron chi connectivity index (χ1n) is 6.80. The summed E-state index contributed by atoms with van der Waals surface area (Å²) in [6, 6.07) is 1.09. The summed E-state index contributed by atoms with van der Waals surface area (Å²) in [6.07, 6.45) is 3.40. The monoisotopic (exact) mass is 244 g/mol. The first kappa shape index (κ1) is 14.9. The van der Waals surface area contributed by atoms with Crippen LogP contribution >= 0.6 is 0 Å². The maximum Gasteiger partial charge on any atom is 0.0636 e. The third-order valence-corrected chi connectivity index (χ3v) is 3.41. The lowest BCUT2D eigenvalue weighted by Gasteiger charge is -2.38. The highest BCUT2D eigenvalue weighted by Crippen LogP contribution is 2.13. The fourth-order valence-electron chi connectivity index (χ4n) is 2.35. The number of ether oxygens (including phenoxy) is 2. The SMILES string of the molecule is CCCNC1CCOCC1N(C)CCCOC. The van der Waals surface area contributed by atoms with Crippen LogP contribution in [-0.2, 0) is 9.47 Å². The Hall–Kier alpha value is -0.160. The van der Waals surface area contributed by atoms with Gasteiger partial charge in [-0.25, -0.2) is 0 Å². The van der Waals surface area contributed by atoms with Gasteiger partial charge in [0.05, 0.1) is 6.61 Å². The van der Waals surface area contributed by atoms with Gasteiger partial charge in [-0.1, -0.05) is 6.92 Å². The summed E-state index contributed by atoms with van der Waals surface area (Å²) in [4.78, 5) is 2.41. The van der Waals surface area contributed by atoms with Gasteiger partial charge in [-0.2, -0.15) is 0 Å². The molecule has 0 aromatic rings. The topological polar surface area (TPSA) is 33.7 Å². The van der Waals surface area contributed by atoms with Gasteiger partial charge < -0.3 is 14.8 Å². The maximum absolute atomic E-state index is 5.61. The molecule has 1 rings (SSSR count). The van der Waals surface area contributed by atoms with E-state index >= 15 is 0 Å². The molecule has 0 aliphatic carbocycles. The molecule has 0 saturated carbocycles. The molecule has 0 spiro atoms. The third kappa shape index (κ3) is 5.34. The average Bonchev–Trinajstić information content (AvgIpc) is 2.37. The van der Waals surface area contributed by atoms with Crippen LogP contribution in [0.1, 0.15) is 26.2 Å². The van der Waals surface area contributed by atoms with Gasteiger partial charge in [-0.05, 0) is 32.9 Å². The number of hydrogen-bond donors (Lipinski definition) is 1. The molecule has 0 amide bonds. The van der Waals surface area contributed by atoms with Crippen LogP contribution in [0, 0.1) is 0 Å². The lowest BCUT2D eigenvalue weighted by molar-refractivity contribution is 0.00406. The van der Waals surface area contributed by atoms with E-state index in [1.807, 2.05) is 0 Å². The van der Waals surface area contributed by atoms with Crippen molar-refractivity contribution in [2.24, 2.45) is 0 Å². The summed E-state index contributed by atoms with van der Waals surface area (Å²) in [7, 11) is 3.95. The zero-order chi connectivity index (χ0) is 12.5. The van der Waals surface area contributed by atoms with E-state index in [0.717, 1.165) is 45.8 Å². The number of rotatable bonds is 8. The largest absolute Gasteiger partial charge is 0.385 e. The average molecular weight is 244 g/mol. The van der Waals surface area contributed by atoms with Crippen LogP contribution < -0.4 is 5.32 Å². The Morgan fingerprint density at radius 3 is 3.00 bits per heavy atom. The summed E-state index contributed by atoms with van der Waals surface area (Å²) in [6.45, 7) is 6.97. The maximum atomic E-state index is 5.61. The summed E-state index contributed by atoms with van der Waals surface area (Å²) in [5.74, 6) is 0. The summed E-state index contributed by atoms with van der Waals surface area (Å²) in [5.41, 5.74) is 0. The molecule has 0 aromatic carbocycles. The van der Waals surface area contributed by atoms with E-state index in [-0.39, 0.29) is 0 Å². The second-order valence-electron chi connectivity index (χ2n) is 4.82. The molecule has 1 fully saturated rings. The molecule has 1 aliphatic rings. The van der Waals surface area contributed by atoms with E-state index in [9.17, 15) is 0 Å². The molecular weight excluding hydrogens is 216 g/mol. The smallest absolute Gasteiger partial charge is 0.0636 e. The van der Waals surface area contributed by atoms with Gasteiger partial charge in [-0.15, -0.1) is 0 Å². The molecule has 0 aromatic heterocycles. The quantitative estimate of drug-likeness (QED) is 0.649. The van der Waals surface area contributed by atoms with Crippen LogP contribution in [-0.4, -0.2) is 64.1 Å². The van der Waals surface area contributed by atoms with E-state index in [1.165, 1.54) is 6.42 Å². The van der Waals surface area contributed by atoms with Crippen LogP contribution in [0.5, 0.6) is 0 Å². The van der Waals surface area contributed by atoms with Gasteiger partial charge in [0.25, 0.3) is 0 Å². The Balaban J connectivity index is 2.34. The number of hydrogen-bond acceptors (Lipinski definition) is 4. The van der Waals surface area contributed by atoms with E-state index in [4.69, 9.17) is 9.47 Å². The molecule has 17 heavy (non-hydrogen) atoms. The highest BCUT2D eigenvalue weighted by molar-refractivity contribution is 4.86. The van der Waals surface area contributed by atoms with Gasteiger partial charge in [-0.3, -0.25) is 4.90 Å².